The first-order valence-corrected chi connectivity index (χ1v) is 3.28. The molecule has 0 saturated carbocycles. The number of hydrogen-bond donors (Lipinski definition) is 1. The number of nitrogens with zero attached hydrogens (tertiary/aromatic N) is 2. The second-order valence-electron chi connectivity index (χ2n) is 1.88. The number of aromatic amines is 1. The van der Waals surface area contributed by atoms with Crippen molar-refractivity contribution in [3.8, 4) is 0 Å². The molecule has 0 aliphatic carbocycles. The number of aromatic nitrogens is 2. The number of nitrogens with one attached hydrogen (secondary N) is 1. The summed E-state index contributed by atoms with van der Waals surface area (Å²) >= 11 is 4.41. The number of aryl methyl sites for hydroxylation is 1. The molecule has 1 aromatic heterocycles. The first-order valence-electron chi connectivity index (χ1n) is 2.87. The van der Waals surface area contributed by atoms with E-state index in [1.54, 1.807) is 6.33 Å². The van der Waals surface area contributed by atoms with E-state index in [0.29, 0.717) is 6.54 Å². The van der Waals surface area contributed by atoms with Gasteiger partial charge in [0.1, 0.15) is 0 Å². The van der Waals surface area contributed by atoms with Gasteiger partial charge in [0.05, 0.1) is 23.7 Å². The van der Waals surface area contributed by atoms with Gasteiger partial charge in [0.15, 0.2) is 0 Å². The molecule has 0 aromatic carbocycles. The van der Waals surface area contributed by atoms with Gasteiger partial charge in [-0.3, -0.25) is 0 Å². The van der Waals surface area contributed by atoms with Crippen LogP contribution >= 0.6 is 12.2 Å². The van der Waals surface area contributed by atoms with E-state index in [1.165, 1.54) is 0 Å². The number of hydrogen-bond acceptors (Lipinski definition) is 3. The lowest BCUT2D eigenvalue weighted by Crippen LogP contribution is -1.83. The highest BCUT2D eigenvalue weighted by Gasteiger charge is 1.96. The molecule has 0 spiro atoms. The molecule has 1 aromatic rings. The molecule has 0 bridgehead atoms. The molecule has 0 fully saturated rings. The van der Waals surface area contributed by atoms with E-state index >= 15 is 0 Å². The second-order valence-corrected chi connectivity index (χ2v) is 2.06. The number of isothiocyanates is 1. The minimum Gasteiger partial charge on any atom is -0.348 e. The Hall–Kier alpha value is -0.990. The number of imidazole rings is 1. The lowest BCUT2D eigenvalue weighted by molar-refractivity contribution is 1.00. The summed E-state index contributed by atoms with van der Waals surface area (Å²) < 4.78 is 0. The van der Waals surface area contributed by atoms with Crippen LogP contribution in [0.5, 0.6) is 0 Å². The fraction of sp³-hybridized carbons (Fsp3) is 0.333. The lowest BCUT2D eigenvalue weighted by Gasteiger charge is -1.87. The fourth-order valence-electron chi connectivity index (χ4n) is 0.654. The topological polar surface area (TPSA) is 41.0 Å². The van der Waals surface area contributed by atoms with Gasteiger partial charge in [-0.25, -0.2) is 9.98 Å². The highest BCUT2D eigenvalue weighted by atomic mass is 32.1. The Labute approximate surface area is 64.2 Å². The molecular formula is C6H7N3S. The monoisotopic (exact) mass is 153 g/mol. The zero-order valence-electron chi connectivity index (χ0n) is 5.59. The summed E-state index contributed by atoms with van der Waals surface area (Å²) in [5.41, 5.74) is 1.96. The summed E-state index contributed by atoms with van der Waals surface area (Å²) in [6, 6.07) is 0. The van der Waals surface area contributed by atoms with Crippen LogP contribution in [0, 0.1) is 6.92 Å². The van der Waals surface area contributed by atoms with Crippen molar-refractivity contribution in [2.75, 3.05) is 0 Å². The third-order valence-corrected chi connectivity index (χ3v) is 1.36. The Bertz CT molecular complexity index is 260. The van der Waals surface area contributed by atoms with Gasteiger partial charge in [0.25, 0.3) is 0 Å². The van der Waals surface area contributed by atoms with Crippen molar-refractivity contribution in [3.05, 3.63) is 17.7 Å². The van der Waals surface area contributed by atoms with Crippen LogP contribution in [0.25, 0.3) is 0 Å². The molecule has 0 aliphatic heterocycles. The Morgan fingerprint density at radius 1 is 1.90 bits per heavy atom. The van der Waals surface area contributed by atoms with Gasteiger partial charge >= 0.3 is 0 Å². The number of aliphatic imine (C=N–C) groups is 1. The zero-order chi connectivity index (χ0) is 7.40. The molecule has 0 atom stereocenters. The lowest BCUT2D eigenvalue weighted by atomic mass is 10.3. The first kappa shape index (κ1) is 7.12. The summed E-state index contributed by atoms with van der Waals surface area (Å²) in [7, 11) is 0. The van der Waals surface area contributed by atoms with E-state index in [0.717, 1.165) is 11.4 Å². The summed E-state index contributed by atoms with van der Waals surface area (Å²) in [6.07, 6.45) is 1.64. The molecule has 0 radical (unpaired) electrons. The molecule has 1 heterocycles. The van der Waals surface area contributed by atoms with E-state index < -0.39 is 0 Å². The van der Waals surface area contributed by atoms with Gasteiger partial charge in [0, 0.05) is 5.69 Å². The van der Waals surface area contributed by atoms with Gasteiger partial charge in [-0.15, -0.1) is 0 Å². The smallest absolute Gasteiger partial charge is 0.0933 e. The van der Waals surface area contributed by atoms with Crippen LogP contribution in [-0.4, -0.2) is 15.1 Å². The maximum atomic E-state index is 4.41. The number of rotatable bonds is 2. The van der Waals surface area contributed by atoms with Gasteiger partial charge in [-0.2, -0.15) is 0 Å². The van der Waals surface area contributed by atoms with Crippen molar-refractivity contribution in [1.29, 1.82) is 0 Å². The normalized spacial score (nSPS) is 8.90. The predicted octanol–water partition coefficient (Wildman–Crippen LogP) is 1.32. The molecule has 52 valence electrons. The standard InChI is InChI=1S/C6H7N3S/c1-5-6(2-7-4-10)9-3-8-5/h3H,2H2,1H3,(H,8,9). The molecule has 0 saturated heterocycles. The van der Waals surface area contributed by atoms with Crippen molar-refractivity contribution in [3.63, 3.8) is 0 Å². The maximum Gasteiger partial charge on any atom is 0.0933 e. The van der Waals surface area contributed by atoms with E-state index in [1.807, 2.05) is 6.92 Å². The minimum absolute atomic E-state index is 0.527. The van der Waals surface area contributed by atoms with Crippen LogP contribution in [-0.2, 0) is 6.54 Å². The van der Waals surface area contributed by atoms with E-state index in [9.17, 15) is 0 Å². The van der Waals surface area contributed by atoms with Gasteiger partial charge in [-0.05, 0) is 19.1 Å². The van der Waals surface area contributed by atoms with E-state index in [4.69, 9.17) is 0 Å². The molecule has 3 nitrogen and oxygen atoms in total. The van der Waals surface area contributed by atoms with Crippen molar-refractivity contribution < 1.29 is 0 Å². The van der Waals surface area contributed by atoms with Crippen molar-refractivity contribution >= 4 is 17.4 Å². The van der Waals surface area contributed by atoms with Gasteiger partial charge in [0.2, 0.25) is 0 Å². The average molecular weight is 153 g/mol. The molecule has 0 unspecified atom stereocenters. The Morgan fingerprint density at radius 3 is 3.20 bits per heavy atom. The molecule has 4 heteroatoms. The molecule has 1 N–H and O–H groups in total. The molecule has 0 amide bonds. The van der Waals surface area contributed by atoms with Crippen molar-refractivity contribution in [2.45, 2.75) is 13.5 Å². The Balaban J connectivity index is 2.74. The quantitative estimate of drug-likeness (QED) is 0.514. The highest BCUT2D eigenvalue weighted by Crippen LogP contribution is 2.00. The van der Waals surface area contributed by atoms with E-state index in [2.05, 4.69) is 32.3 Å². The van der Waals surface area contributed by atoms with E-state index in [-0.39, 0.29) is 0 Å². The summed E-state index contributed by atoms with van der Waals surface area (Å²) in [6.45, 7) is 2.47. The third-order valence-electron chi connectivity index (χ3n) is 1.23. The number of H-pyrrole nitrogens is 1. The largest absolute Gasteiger partial charge is 0.348 e. The van der Waals surface area contributed by atoms with Crippen molar-refractivity contribution in [2.24, 2.45) is 4.99 Å². The van der Waals surface area contributed by atoms with Crippen LogP contribution < -0.4 is 0 Å². The number of thiocarbonyl (C=S) groups is 1. The minimum atomic E-state index is 0.527. The fourth-order valence-corrected chi connectivity index (χ4v) is 0.718. The summed E-state index contributed by atoms with van der Waals surface area (Å²) in [5, 5.41) is 2.29. The van der Waals surface area contributed by atoms with Crippen LogP contribution in [0.4, 0.5) is 0 Å². The molecule has 1 rings (SSSR count). The van der Waals surface area contributed by atoms with Crippen LogP contribution in [0.1, 0.15) is 11.4 Å². The SMILES string of the molecule is Cc1[nH]cnc1CN=C=S. The summed E-state index contributed by atoms with van der Waals surface area (Å²) in [4.78, 5) is 10.7. The van der Waals surface area contributed by atoms with Crippen molar-refractivity contribution in [1.82, 2.24) is 9.97 Å². The maximum absolute atomic E-state index is 4.41. The average Bonchev–Trinajstić information content (AvgIpc) is 2.31. The molecule has 0 aliphatic rings. The zero-order valence-corrected chi connectivity index (χ0v) is 6.40. The molecular weight excluding hydrogens is 146 g/mol. The third kappa shape index (κ3) is 1.50. The second kappa shape index (κ2) is 3.25. The van der Waals surface area contributed by atoms with Crippen LogP contribution in [0.2, 0.25) is 0 Å². The Kier molecular flexibility index (Phi) is 2.31. The van der Waals surface area contributed by atoms with Gasteiger partial charge in [-0.1, -0.05) is 0 Å². The first-order chi connectivity index (χ1) is 4.84. The molecule has 10 heavy (non-hydrogen) atoms. The van der Waals surface area contributed by atoms with Gasteiger partial charge < -0.3 is 4.98 Å². The highest BCUT2D eigenvalue weighted by molar-refractivity contribution is 7.78. The predicted molar refractivity (Wildman–Crippen MR) is 42.1 cm³/mol. The summed E-state index contributed by atoms with van der Waals surface area (Å²) in [5.74, 6) is 0. The van der Waals surface area contributed by atoms with Crippen LogP contribution in [0.15, 0.2) is 11.3 Å². The Morgan fingerprint density at radius 2 is 2.70 bits per heavy atom. The van der Waals surface area contributed by atoms with Crippen LogP contribution in [0.3, 0.4) is 0 Å².